The number of aromatic nitrogens is 6. The summed E-state index contributed by atoms with van der Waals surface area (Å²) in [4.78, 5) is 17.9. The number of ether oxygens (including phenoxy) is 1. The number of nitrogens with zero attached hydrogens (tertiary/aromatic N) is 5. The molecule has 0 aliphatic carbocycles. The molecule has 0 amide bonds. The number of methoxy groups -OCH3 is 1. The molecule has 148 valence electrons. The maximum atomic E-state index is 5.31. The second-order valence-corrected chi connectivity index (χ2v) is 6.96. The van der Waals surface area contributed by atoms with E-state index in [1.807, 2.05) is 36.4 Å². The molecule has 5 aromatic rings. The highest BCUT2D eigenvalue weighted by Crippen LogP contribution is 2.27. The smallest absolute Gasteiger partial charge is 0.159 e. The molecule has 1 atom stereocenters. The van der Waals surface area contributed by atoms with Crippen molar-refractivity contribution in [2.24, 2.45) is 0 Å². The third-order valence-electron chi connectivity index (χ3n) is 5.02. The van der Waals surface area contributed by atoms with Gasteiger partial charge in [0.15, 0.2) is 5.65 Å². The Bertz CT molecular complexity index is 1350. The summed E-state index contributed by atoms with van der Waals surface area (Å²) in [5.74, 6) is 1.54. The molecule has 0 unspecified atom stereocenters. The Hall–Kier alpha value is -4.07. The number of nitrogens with one attached hydrogen (secondary N) is 2. The van der Waals surface area contributed by atoms with Crippen molar-refractivity contribution in [3.63, 3.8) is 0 Å². The lowest BCUT2D eigenvalue weighted by Gasteiger charge is -2.16. The summed E-state index contributed by atoms with van der Waals surface area (Å²) in [6.07, 6.45) is 5.00. The molecule has 8 nitrogen and oxygen atoms in total. The first-order valence-corrected chi connectivity index (χ1v) is 9.53. The van der Waals surface area contributed by atoms with Gasteiger partial charge >= 0.3 is 0 Å². The van der Waals surface area contributed by atoms with Crippen molar-refractivity contribution in [1.29, 1.82) is 0 Å². The second-order valence-electron chi connectivity index (χ2n) is 6.96. The number of anilines is 1. The zero-order valence-electron chi connectivity index (χ0n) is 16.5. The molecule has 5 rings (SSSR count). The maximum absolute atomic E-state index is 5.31. The van der Waals surface area contributed by atoms with Crippen molar-refractivity contribution in [2.45, 2.75) is 13.0 Å². The van der Waals surface area contributed by atoms with Crippen molar-refractivity contribution in [3.8, 4) is 17.0 Å². The molecule has 3 heterocycles. The summed E-state index contributed by atoms with van der Waals surface area (Å²) >= 11 is 0. The molecule has 8 heteroatoms. The van der Waals surface area contributed by atoms with Crippen LogP contribution in [0.2, 0.25) is 0 Å². The van der Waals surface area contributed by atoms with E-state index in [2.05, 4.69) is 43.5 Å². The molecule has 0 radical (unpaired) electrons. The quantitative estimate of drug-likeness (QED) is 0.459. The van der Waals surface area contributed by atoms with Crippen LogP contribution in [0.1, 0.15) is 18.5 Å². The van der Waals surface area contributed by atoms with Crippen molar-refractivity contribution in [3.05, 3.63) is 66.7 Å². The molecule has 0 fully saturated rings. The number of fused-ring (bicyclic) bond motifs is 2. The third-order valence-corrected chi connectivity index (χ3v) is 5.02. The Morgan fingerprint density at radius 2 is 1.93 bits per heavy atom. The minimum atomic E-state index is 0.0570. The predicted molar refractivity (Wildman–Crippen MR) is 115 cm³/mol. The lowest BCUT2D eigenvalue weighted by atomic mass is 10.1. The van der Waals surface area contributed by atoms with Crippen LogP contribution in [0.5, 0.6) is 5.75 Å². The lowest BCUT2D eigenvalue weighted by Crippen LogP contribution is -2.08. The first-order valence-electron chi connectivity index (χ1n) is 9.53. The fourth-order valence-corrected chi connectivity index (χ4v) is 3.44. The van der Waals surface area contributed by atoms with Gasteiger partial charge in [0.2, 0.25) is 0 Å². The van der Waals surface area contributed by atoms with Crippen molar-refractivity contribution >= 4 is 27.9 Å². The average molecular weight is 397 g/mol. The number of rotatable bonds is 5. The number of aromatic amines is 1. The standard InChI is InChI=1S/C22H19N7O/c1-13(14-4-3-5-16(8-14)30-2)27-20-11-23-19-9-15(6-7-18(19)28-20)21-17-10-26-29-22(17)25-12-24-21/h3-13H,1-2H3,(H,27,28)(H,24,25,26,29)/t13-/m1/s1. The van der Waals surface area contributed by atoms with Crippen LogP contribution in [0.25, 0.3) is 33.3 Å². The van der Waals surface area contributed by atoms with E-state index < -0.39 is 0 Å². The monoisotopic (exact) mass is 397 g/mol. The molecule has 0 aliphatic rings. The molecule has 2 aromatic carbocycles. The van der Waals surface area contributed by atoms with Crippen LogP contribution in [0, 0.1) is 0 Å². The van der Waals surface area contributed by atoms with E-state index in [-0.39, 0.29) is 6.04 Å². The minimum absolute atomic E-state index is 0.0570. The van der Waals surface area contributed by atoms with E-state index in [0.29, 0.717) is 11.5 Å². The Labute approximate surface area is 172 Å². The summed E-state index contributed by atoms with van der Waals surface area (Å²) < 4.78 is 5.31. The van der Waals surface area contributed by atoms with E-state index in [1.165, 1.54) is 6.33 Å². The number of benzene rings is 2. The molecule has 2 N–H and O–H groups in total. The van der Waals surface area contributed by atoms with Gasteiger partial charge in [-0.05, 0) is 36.8 Å². The largest absolute Gasteiger partial charge is 0.497 e. The first kappa shape index (κ1) is 18.0. The molecule has 0 aliphatic heterocycles. The van der Waals surface area contributed by atoms with Gasteiger partial charge in [-0.25, -0.2) is 15.0 Å². The van der Waals surface area contributed by atoms with Crippen LogP contribution in [-0.2, 0) is 0 Å². The predicted octanol–water partition coefficient (Wildman–Crippen LogP) is 4.14. The average Bonchev–Trinajstić information content (AvgIpc) is 3.28. The van der Waals surface area contributed by atoms with Gasteiger partial charge < -0.3 is 10.1 Å². The van der Waals surface area contributed by atoms with Crippen LogP contribution in [0.3, 0.4) is 0 Å². The number of H-pyrrole nitrogens is 1. The zero-order valence-corrected chi connectivity index (χ0v) is 16.5. The van der Waals surface area contributed by atoms with Crippen molar-refractivity contribution in [1.82, 2.24) is 30.1 Å². The van der Waals surface area contributed by atoms with Gasteiger partial charge in [0, 0.05) is 5.56 Å². The van der Waals surface area contributed by atoms with Gasteiger partial charge in [0.25, 0.3) is 0 Å². The van der Waals surface area contributed by atoms with Crippen LogP contribution < -0.4 is 10.1 Å². The van der Waals surface area contributed by atoms with Crippen molar-refractivity contribution < 1.29 is 4.74 Å². The second kappa shape index (κ2) is 7.40. The maximum Gasteiger partial charge on any atom is 0.159 e. The van der Waals surface area contributed by atoms with E-state index in [1.54, 1.807) is 19.5 Å². The molecule has 0 saturated carbocycles. The molecule has 0 spiro atoms. The van der Waals surface area contributed by atoms with Crippen LogP contribution in [0.4, 0.5) is 5.82 Å². The zero-order chi connectivity index (χ0) is 20.5. The van der Waals surface area contributed by atoms with Gasteiger partial charge in [-0.3, -0.25) is 10.1 Å². The molecular weight excluding hydrogens is 378 g/mol. The highest BCUT2D eigenvalue weighted by atomic mass is 16.5. The highest BCUT2D eigenvalue weighted by Gasteiger charge is 2.11. The topological polar surface area (TPSA) is 102 Å². The summed E-state index contributed by atoms with van der Waals surface area (Å²) in [6, 6.07) is 13.9. The summed E-state index contributed by atoms with van der Waals surface area (Å²) in [5, 5.41) is 11.2. The SMILES string of the molecule is COc1cccc([C@@H](C)Nc2cnc3cc(-c4ncnc5[nH]ncc45)ccc3n2)c1. The van der Waals surface area contributed by atoms with Gasteiger partial charge in [0.05, 0.1) is 47.7 Å². The van der Waals surface area contributed by atoms with Gasteiger partial charge in [-0.2, -0.15) is 5.10 Å². The van der Waals surface area contributed by atoms with Gasteiger partial charge in [-0.1, -0.05) is 18.2 Å². The van der Waals surface area contributed by atoms with Crippen molar-refractivity contribution in [2.75, 3.05) is 12.4 Å². The molecule has 30 heavy (non-hydrogen) atoms. The summed E-state index contributed by atoms with van der Waals surface area (Å²) in [7, 11) is 1.67. The van der Waals surface area contributed by atoms with Crippen LogP contribution in [-0.4, -0.2) is 37.2 Å². The molecular formula is C22H19N7O. The van der Waals surface area contributed by atoms with E-state index in [4.69, 9.17) is 9.72 Å². The first-order chi connectivity index (χ1) is 14.7. The highest BCUT2D eigenvalue weighted by molar-refractivity contribution is 5.92. The summed E-state index contributed by atoms with van der Waals surface area (Å²) in [6.45, 7) is 2.08. The van der Waals surface area contributed by atoms with Gasteiger partial charge in [0.1, 0.15) is 17.9 Å². The molecule has 0 bridgehead atoms. The van der Waals surface area contributed by atoms with Crippen LogP contribution in [0.15, 0.2) is 61.2 Å². The Kier molecular flexibility index (Phi) is 4.44. The lowest BCUT2D eigenvalue weighted by molar-refractivity contribution is 0.414. The van der Waals surface area contributed by atoms with E-state index in [9.17, 15) is 0 Å². The van der Waals surface area contributed by atoms with E-state index >= 15 is 0 Å². The Morgan fingerprint density at radius 3 is 2.83 bits per heavy atom. The van der Waals surface area contributed by atoms with Crippen LogP contribution >= 0.6 is 0 Å². The fourth-order valence-electron chi connectivity index (χ4n) is 3.44. The summed E-state index contributed by atoms with van der Waals surface area (Å²) in [5.41, 5.74) is 5.17. The molecule has 0 saturated heterocycles. The number of hydrogen-bond acceptors (Lipinski definition) is 7. The minimum Gasteiger partial charge on any atom is -0.497 e. The Morgan fingerprint density at radius 1 is 1.00 bits per heavy atom. The third kappa shape index (κ3) is 3.28. The Balaban J connectivity index is 1.44. The normalized spacial score (nSPS) is 12.2. The van der Waals surface area contributed by atoms with Gasteiger partial charge in [-0.15, -0.1) is 0 Å². The van der Waals surface area contributed by atoms with E-state index in [0.717, 1.165) is 39.0 Å². The fraction of sp³-hybridized carbons (Fsp3) is 0.136. The molecule has 3 aromatic heterocycles. The number of hydrogen-bond donors (Lipinski definition) is 2.